The Kier molecular flexibility index (Phi) is 38.1. The SMILES string of the molecule is C[C@@H]1O[C@@H](OCCNC(=O)CCCCCNC(=O)[C@H](CCC(=O)NCCCC[C@@H](C(=O)NCCO[C@@H]2O[C@@H](C)[C@@H](O)[C@@H](O)[C@@H]2O)N(CC(=O)NCCO[C@@H]2O[C@@H](C)[C@@H](O)[C@@H](O)[C@@H]2O)CC(=O)NCCO[C@@H]2O[C@@H](C)[C@@H](O)[C@@H](O)[C@@H]2O)NC(=O)CCCCCN)[C@@H](O)[C@H](O)[C@@H]1O. The van der Waals surface area contributed by atoms with E-state index in [-0.39, 0.29) is 117 Å². The first-order chi connectivity index (χ1) is 45.2. The number of amides is 7. The Bertz CT molecular complexity index is 2240. The van der Waals surface area contributed by atoms with Crippen LogP contribution in [0.15, 0.2) is 0 Å². The number of rotatable bonds is 43. The van der Waals surface area contributed by atoms with E-state index in [1.807, 2.05) is 0 Å². The average molecular weight is 1370 g/mol. The molecule has 0 unspecified atom stereocenters. The molecule has 0 aliphatic carbocycles. The monoisotopic (exact) mass is 1370 g/mol. The summed E-state index contributed by atoms with van der Waals surface area (Å²) in [5.41, 5.74) is 5.60. The van der Waals surface area contributed by atoms with Crippen LogP contribution in [0.4, 0.5) is 0 Å². The molecule has 0 aromatic carbocycles. The standard InChI is InChI=1S/C59H107N9O27/c1-31-42(74)46(78)50(82)56(92-31)88-25-21-62-37(69)14-8-6-11-20-65-54(86)35(67-39(71)15-7-5-10-18-60)16-17-38(70)61-19-12-9-13-36(55(87)66-24-28-91-59-53(85)49(81)45(77)34(4)95-59)68(29-40(72)63-22-26-89-57-51(83)47(79)43(75)32(2)93-57)30-41(73)64-23-27-90-58-52(84)48(80)44(76)33(3)94-58/h31-36,42-53,56-59,74-85H,5-30,60H2,1-4H3,(H,61,70)(H,62,69)(H,63,72)(H,64,73)(H,65,86)(H,66,87)(H,67,71)/t31-,32-,33-,34-,35-,36-,42+,43+,44+,45+,46+,47+,48+,49+,50-,51-,52-,53-,56+,57+,58+,59+/m0/s1. The molecule has 0 bridgehead atoms. The summed E-state index contributed by atoms with van der Waals surface area (Å²) < 4.78 is 43.9. The number of ether oxygens (including phenoxy) is 8. The Morgan fingerprint density at radius 1 is 0.368 bits per heavy atom. The van der Waals surface area contributed by atoms with Crippen LogP contribution in [0.3, 0.4) is 0 Å². The second kappa shape index (κ2) is 43.7. The Labute approximate surface area is 551 Å². The van der Waals surface area contributed by atoms with Gasteiger partial charge in [-0.25, -0.2) is 0 Å². The molecule has 21 N–H and O–H groups in total. The van der Waals surface area contributed by atoms with Crippen molar-refractivity contribution < 1.29 is 133 Å². The second-order valence-electron chi connectivity index (χ2n) is 24.2. The van der Waals surface area contributed by atoms with E-state index >= 15 is 0 Å². The lowest BCUT2D eigenvalue weighted by molar-refractivity contribution is -0.292. The minimum absolute atomic E-state index is 0.0323. The molecule has 4 aliphatic rings. The van der Waals surface area contributed by atoms with Crippen LogP contribution in [-0.2, 0) is 71.5 Å². The molecule has 95 heavy (non-hydrogen) atoms. The van der Waals surface area contributed by atoms with Gasteiger partial charge in [0.1, 0.15) is 79.3 Å². The molecule has 36 nitrogen and oxygen atoms in total. The number of nitrogens with one attached hydrogen (secondary N) is 7. The van der Waals surface area contributed by atoms with Crippen molar-refractivity contribution in [3.8, 4) is 0 Å². The molecule has 0 radical (unpaired) electrons. The van der Waals surface area contributed by atoms with Gasteiger partial charge in [0.05, 0.1) is 70.0 Å². The summed E-state index contributed by atoms with van der Waals surface area (Å²) in [6, 6.07) is -2.35. The maximum atomic E-state index is 14.3. The van der Waals surface area contributed by atoms with Crippen molar-refractivity contribution in [1.82, 2.24) is 42.1 Å². The number of nitrogens with zero attached hydrogens (tertiary/aromatic N) is 1. The maximum absolute atomic E-state index is 14.3. The number of aliphatic hydroxyl groups is 12. The molecule has 4 saturated heterocycles. The van der Waals surface area contributed by atoms with Crippen LogP contribution in [0.2, 0.25) is 0 Å². The zero-order valence-corrected chi connectivity index (χ0v) is 54.6. The third kappa shape index (κ3) is 28.3. The Morgan fingerprint density at radius 2 is 0.705 bits per heavy atom. The molecule has 0 aromatic heterocycles. The summed E-state index contributed by atoms with van der Waals surface area (Å²) in [5.74, 6) is -3.81. The van der Waals surface area contributed by atoms with Crippen molar-refractivity contribution in [3.05, 3.63) is 0 Å². The molecule has 7 amide bonds. The fraction of sp³-hybridized carbons (Fsp3) is 0.881. The average Bonchev–Trinajstić information content (AvgIpc) is 0.872. The van der Waals surface area contributed by atoms with Crippen LogP contribution in [-0.4, -0.2) is 328 Å². The van der Waals surface area contributed by atoms with Crippen molar-refractivity contribution in [1.29, 1.82) is 0 Å². The van der Waals surface area contributed by atoms with E-state index in [9.17, 15) is 94.8 Å². The molecule has 550 valence electrons. The van der Waals surface area contributed by atoms with Gasteiger partial charge in [-0.2, -0.15) is 0 Å². The van der Waals surface area contributed by atoms with E-state index in [4.69, 9.17) is 43.6 Å². The predicted molar refractivity (Wildman–Crippen MR) is 328 cm³/mol. The van der Waals surface area contributed by atoms with E-state index < -0.39 is 183 Å². The molecule has 22 atom stereocenters. The molecular weight excluding hydrogens is 1270 g/mol. The van der Waals surface area contributed by atoms with Gasteiger partial charge in [-0.3, -0.25) is 38.5 Å². The van der Waals surface area contributed by atoms with Gasteiger partial charge in [-0.1, -0.05) is 12.8 Å². The summed E-state index contributed by atoms with van der Waals surface area (Å²) in [4.78, 5) is 95.2. The van der Waals surface area contributed by atoms with Crippen molar-refractivity contribution in [3.63, 3.8) is 0 Å². The predicted octanol–water partition coefficient (Wildman–Crippen LogP) is -8.75. The van der Waals surface area contributed by atoms with E-state index in [2.05, 4.69) is 37.2 Å². The quantitative estimate of drug-likeness (QED) is 0.0252. The zero-order valence-electron chi connectivity index (χ0n) is 54.6. The minimum Gasteiger partial charge on any atom is -0.388 e. The summed E-state index contributed by atoms with van der Waals surface area (Å²) in [5, 5.41) is 141. The molecular formula is C59H107N9O27. The second-order valence-corrected chi connectivity index (χ2v) is 24.2. The first-order valence-corrected chi connectivity index (χ1v) is 32.8. The maximum Gasteiger partial charge on any atom is 0.242 e. The number of hydrogen-bond acceptors (Lipinski definition) is 29. The van der Waals surface area contributed by atoms with E-state index in [0.29, 0.717) is 45.1 Å². The van der Waals surface area contributed by atoms with Gasteiger partial charge in [0, 0.05) is 58.5 Å². The summed E-state index contributed by atoms with van der Waals surface area (Å²) in [6.45, 7) is 4.01. The smallest absolute Gasteiger partial charge is 0.242 e. The third-order valence-corrected chi connectivity index (χ3v) is 16.5. The molecule has 0 spiro atoms. The third-order valence-electron chi connectivity index (χ3n) is 16.5. The highest BCUT2D eigenvalue weighted by molar-refractivity contribution is 5.88. The van der Waals surface area contributed by atoms with Crippen LogP contribution < -0.4 is 43.0 Å². The van der Waals surface area contributed by atoms with E-state index in [1.165, 1.54) is 32.6 Å². The minimum atomic E-state index is -1.65. The highest BCUT2D eigenvalue weighted by Gasteiger charge is 2.46. The molecule has 0 saturated carbocycles. The lowest BCUT2D eigenvalue weighted by Gasteiger charge is -2.39. The fourth-order valence-electron chi connectivity index (χ4n) is 10.6. The Hall–Kier alpha value is -4.59. The topological polar surface area (TPSA) is 550 Å². The largest absolute Gasteiger partial charge is 0.388 e. The van der Waals surface area contributed by atoms with Crippen molar-refractivity contribution >= 4 is 41.4 Å². The lowest BCUT2D eigenvalue weighted by Crippen LogP contribution is -2.58. The van der Waals surface area contributed by atoms with E-state index in [0.717, 1.165) is 0 Å². The fourth-order valence-corrected chi connectivity index (χ4v) is 10.6. The van der Waals surface area contributed by atoms with Crippen LogP contribution in [0.1, 0.15) is 111 Å². The Morgan fingerprint density at radius 3 is 1.13 bits per heavy atom. The molecule has 4 aliphatic heterocycles. The van der Waals surface area contributed by atoms with Gasteiger partial charge in [-0.05, 0) is 85.6 Å². The normalized spacial score (nSPS) is 31.6. The molecule has 4 fully saturated rings. The number of aliphatic hydroxyl groups excluding tert-OH is 12. The molecule has 4 heterocycles. The van der Waals surface area contributed by atoms with Gasteiger partial charge < -0.3 is 142 Å². The van der Waals surface area contributed by atoms with Crippen molar-refractivity contribution in [2.24, 2.45) is 5.73 Å². The zero-order chi connectivity index (χ0) is 70.3. The van der Waals surface area contributed by atoms with Crippen LogP contribution in [0.25, 0.3) is 0 Å². The summed E-state index contributed by atoms with van der Waals surface area (Å²) in [6.07, 6.45) is -23.1. The van der Waals surface area contributed by atoms with Crippen molar-refractivity contribution in [2.45, 2.75) is 246 Å². The van der Waals surface area contributed by atoms with Gasteiger partial charge in [0.25, 0.3) is 0 Å². The van der Waals surface area contributed by atoms with Crippen LogP contribution in [0, 0.1) is 0 Å². The van der Waals surface area contributed by atoms with Crippen molar-refractivity contribution in [2.75, 3.05) is 85.3 Å². The van der Waals surface area contributed by atoms with Gasteiger partial charge in [0.2, 0.25) is 41.4 Å². The van der Waals surface area contributed by atoms with Gasteiger partial charge >= 0.3 is 0 Å². The molecule has 4 rings (SSSR count). The number of carbonyl (C=O) groups is 7. The number of hydrogen-bond donors (Lipinski definition) is 20. The van der Waals surface area contributed by atoms with E-state index in [1.54, 1.807) is 0 Å². The van der Waals surface area contributed by atoms with Crippen LogP contribution in [0.5, 0.6) is 0 Å². The highest BCUT2D eigenvalue weighted by Crippen LogP contribution is 2.25. The lowest BCUT2D eigenvalue weighted by atomic mass is 10.0. The number of carbonyl (C=O) groups excluding carboxylic acids is 7. The number of nitrogens with two attached hydrogens (primary N) is 1. The molecule has 0 aromatic rings. The summed E-state index contributed by atoms with van der Waals surface area (Å²) >= 11 is 0. The van der Waals surface area contributed by atoms with Gasteiger partial charge in [0.15, 0.2) is 25.2 Å². The highest BCUT2D eigenvalue weighted by atomic mass is 16.7. The first-order valence-electron chi connectivity index (χ1n) is 32.8. The van der Waals surface area contributed by atoms with Crippen LogP contribution >= 0.6 is 0 Å². The molecule has 36 heteroatoms. The first kappa shape index (κ1) is 82.8. The Balaban J connectivity index is 1.36. The summed E-state index contributed by atoms with van der Waals surface area (Å²) in [7, 11) is 0. The van der Waals surface area contributed by atoms with Gasteiger partial charge in [-0.15, -0.1) is 0 Å². The number of unbranched alkanes of at least 4 members (excludes halogenated alkanes) is 5.